The molecule has 2 aliphatic carbocycles. The van der Waals surface area contributed by atoms with Crippen molar-refractivity contribution in [2.24, 2.45) is 23.2 Å². The number of amides is 1. The molecule has 1 aromatic carbocycles. The molecule has 7 nitrogen and oxygen atoms in total. The largest absolute Gasteiger partial charge is 0.457 e. The fourth-order valence-electron chi connectivity index (χ4n) is 6.88. The van der Waals surface area contributed by atoms with E-state index in [9.17, 15) is 20.0 Å². The van der Waals surface area contributed by atoms with Crippen LogP contribution in [0.25, 0.3) is 0 Å². The standard InChI is InChI=1S/C30H39NO6/c1-18-10-9-13-23-27(37-35)20(3)19(2)26-24(16-22-11-7-6-8-12-22)31-28(33)30(23,26)25(36-21(4)32)14-15-29(5,34)17-18/h6-9,11-15,18,23-27,34-35H,10,16-17H2,1-5H3,(H,31,33)/b13-9+,15-14+/t18?,23-,24-,25+,26-,27+,29-,30+/m0/s1. The first-order valence-electron chi connectivity index (χ1n) is 13.1. The number of rotatable bonds is 4. The van der Waals surface area contributed by atoms with Crippen LogP contribution in [0.4, 0.5) is 0 Å². The lowest BCUT2D eigenvalue weighted by atomic mass is 9.54. The maximum atomic E-state index is 14.3. The van der Waals surface area contributed by atoms with Gasteiger partial charge in [0.1, 0.15) is 17.6 Å². The lowest BCUT2D eigenvalue weighted by Gasteiger charge is -2.49. The van der Waals surface area contributed by atoms with Crippen molar-refractivity contribution in [2.45, 2.75) is 77.7 Å². The molecule has 8 atom stereocenters. The molecular formula is C30H39NO6. The van der Waals surface area contributed by atoms with Crippen LogP contribution >= 0.6 is 0 Å². The van der Waals surface area contributed by atoms with Gasteiger partial charge in [0, 0.05) is 24.8 Å². The second kappa shape index (κ2) is 10.6. The number of carbonyl (C=O) groups excluding carboxylic acids is 2. The van der Waals surface area contributed by atoms with Gasteiger partial charge in [-0.15, -0.1) is 0 Å². The lowest BCUT2D eigenvalue weighted by molar-refractivity contribution is -0.288. The molecule has 1 aromatic rings. The number of carbonyl (C=O) groups is 2. The van der Waals surface area contributed by atoms with Crippen molar-refractivity contribution >= 4 is 11.9 Å². The van der Waals surface area contributed by atoms with Crippen LogP contribution in [0, 0.1) is 23.2 Å². The van der Waals surface area contributed by atoms with E-state index in [1.807, 2.05) is 56.3 Å². The van der Waals surface area contributed by atoms with Gasteiger partial charge in [0.25, 0.3) is 0 Å². The third-order valence-corrected chi connectivity index (χ3v) is 8.47. The maximum absolute atomic E-state index is 14.3. The molecule has 3 aliphatic rings. The molecule has 200 valence electrons. The van der Waals surface area contributed by atoms with Crippen LogP contribution in [0.15, 0.2) is 65.8 Å². The van der Waals surface area contributed by atoms with Crippen LogP contribution in [0.3, 0.4) is 0 Å². The van der Waals surface area contributed by atoms with Gasteiger partial charge in [-0.1, -0.05) is 61.1 Å². The average molecular weight is 510 g/mol. The molecule has 1 unspecified atom stereocenters. The summed E-state index contributed by atoms with van der Waals surface area (Å²) >= 11 is 0. The average Bonchev–Trinajstić information content (AvgIpc) is 3.11. The predicted octanol–water partition coefficient (Wildman–Crippen LogP) is 4.38. The normalized spacial score (nSPS) is 39.6. The molecule has 1 aliphatic heterocycles. The minimum Gasteiger partial charge on any atom is -0.457 e. The first kappa shape index (κ1) is 27.3. The number of allylic oxidation sites excluding steroid dienone is 1. The van der Waals surface area contributed by atoms with Crippen molar-refractivity contribution in [1.29, 1.82) is 0 Å². The highest BCUT2D eigenvalue weighted by Gasteiger charge is 2.67. The van der Waals surface area contributed by atoms with Crippen molar-refractivity contribution in [2.75, 3.05) is 0 Å². The molecule has 0 aromatic heterocycles. The number of esters is 1. The fraction of sp³-hybridized carbons (Fsp3) is 0.533. The number of aliphatic hydroxyl groups is 1. The Kier molecular flexibility index (Phi) is 7.79. The molecule has 1 spiro atoms. The monoisotopic (exact) mass is 509 g/mol. The summed E-state index contributed by atoms with van der Waals surface area (Å²) in [5, 5.41) is 24.5. The molecule has 3 N–H and O–H groups in total. The summed E-state index contributed by atoms with van der Waals surface area (Å²) in [5.74, 6) is -1.59. The van der Waals surface area contributed by atoms with E-state index >= 15 is 0 Å². The van der Waals surface area contributed by atoms with Crippen molar-refractivity contribution < 1.29 is 29.6 Å². The summed E-state index contributed by atoms with van der Waals surface area (Å²) in [5.41, 5.74) is 0.407. The first-order valence-corrected chi connectivity index (χ1v) is 13.1. The molecule has 37 heavy (non-hydrogen) atoms. The number of hydrogen-bond donors (Lipinski definition) is 3. The third kappa shape index (κ3) is 5.05. The summed E-state index contributed by atoms with van der Waals surface area (Å²) < 4.78 is 5.91. The van der Waals surface area contributed by atoms with Gasteiger partial charge in [0.15, 0.2) is 0 Å². The Morgan fingerprint density at radius 3 is 2.51 bits per heavy atom. The minimum absolute atomic E-state index is 0.159. The fourth-order valence-corrected chi connectivity index (χ4v) is 6.88. The molecule has 1 saturated heterocycles. The van der Waals surface area contributed by atoms with Gasteiger partial charge in [-0.05, 0) is 63.2 Å². The van der Waals surface area contributed by atoms with E-state index in [-0.39, 0.29) is 23.8 Å². The van der Waals surface area contributed by atoms with Crippen molar-refractivity contribution in [1.82, 2.24) is 5.32 Å². The van der Waals surface area contributed by atoms with Crippen molar-refractivity contribution in [3.63, 3.8) is 0 Å². The van der Waals surface area contributed by atoms with Gasteiger partial charge in [-0.25, -0.2) is 4.89 Å². The summed E-state index contributed by atoms with van der Waals surface area (Å²) in [6.45, 7) is 8.99. The molecular weight excluding hydrogens is 470 g/mol. The third-order valence-electron chi connectivity index (χ3n) is 8.47. The van der Waals surface area contributed by atoms with Crippen LogP contribution in [-0.2, 0) is 25.6 Å². The molecule has 1 amide bonds. The van der Waals surface area contributed by atoms with E-state index in [4.69, 9.17) is 9.62 Å². The Morgan fingerprint density at radius 2 is 1.86 bits per heavy atom. The topological polar surface area (TPSA) is 105 Å². The van der Waals surface area contributed by atoms with Crippen LogP contribution in [0.1, 0.15) is 53.0 Å². The number of hydrogen-bond acceptors (Lipinski definition) is 6. The van der Waals surface area contributed by atoms with Gasteiger partial charge in [-0.3, -0.25) is 14.8 Å². The molecule has 0 radical (unpaired) electrons. The van der Waals surface area contributed by atoms with Gasteiger partial charge in [0.2, 0.25) is 5.91 Å². The SMILES string of the molecule is CC(=O)O[C@@H]1/C=C/[C@](C)(O)CC(C)C/C=C/[C@H]2[C@H](OO)C(C)=C(C)[C@H]3[C@H](Cc4ccccc4)NC(=O)[C@@]123. The summed E-state index contributed by atoms with van der Waals surface area (Å²) in [6, 6.07) is 9.69. The Bertz CT molecular complexity index is 1110. The van der Waals surface area contributed by atoms with Gasteiger partial charge in [0.05, 0.1) is 5.60 Å². The molecule has 1 fully saturated rings. The van der Waals surface area contributed by atoms with E-state index < -0.39 is 35.1 Å². The van der Waals surface area contributed by atoms with Crippen molar-refractivity contribution in [3.8, 4) is 0 Å². The van der Waals surface area contributed by atoms with Crippen LogP contribution in [0.5, 0.6) is 0 Å². The summed E-state index contributed by atoms with van der Waals surface area (Å²) in [7, 11) is 0. The van der Waals surface area contributed by atoms with Crippen LogP contribution in [-0.4, -0.2) is 46.1 Å². The second-order valence-electron chi connectivity index (χ2n) is 11.3. The Morgan fingerprint density at radius 1 is 1.16 bits per heavy atom. The van der Waals surface area contributed by atoms with Crippen molar-refractivity contribution in [3.05, 3.63) is 71.3 Å². The lowest BCUT2D eigenvalue weighted by Crippen LogP contribution is -2.58. The number of benzene rings is 1. The quantitative estimate of drug-likeness (QED) is 0.241. The highest BCUT2D eigenvalue weighted by atomic mass is 17.1. The minimum atomic E-state index is -1.29. The van der Waals surface area contributed by atoms with Gasteiger partial charge in [-0.2, -0.15) is 0 Å². The van der Waals surface area contributed by atoms with E-state index in [1.165, 1.54) is 6.92 Å². The van der Waals surface area contributed by atoms with E-state index in [0.29, 0.717) is 19.3 Å². The van der Waals surface area contributed by atoms with E-state index in [0.717, 1.165) is 16.7 Å². The number of nitrogens with one attached hydrogen (secondary N) is 1. The van der Waals surface area contributed by atoms with E-state index in [1.54, 1.807) is 19.1 Å². The van der Waals surface area contributed by atoms with Crippen LogP contribution < -0.4 is 5.32 Å². The number of ether oxygens (including phenoxy) is 1. The Balaban J connectivity index is 1.97. The van der Waals surface area contributed by atoms with E-state index in [2.05, 4.69) is 12.2 Å². The summed E-state index contributed by atoms with van der Waals surface area (Å²) in [6.07, 6.45) is 7.24. The zero-order chi connectivity index (χ0) is 27.0. The van der Waals surface area contributed by atoms with Gasteiger partial charge < -0.3 is 15.2 Å². The summed E-state index contributed by atoms with van der Waals surface area (Å²) in [4.78, 5) is 31.7. The zero-order valence-corrected chi connectivity index (χ0v) is 22.3. The Hall–Kier alpha value is -2.74. The highest BCUT2D eigenvalue weighted by Crippen LogP contribution is 2.57. The molecule has 4 rings (SSSR count). The predicted molar refractivity (Wildman–Crippen MR) is 140 cm³/mol. The first-order chi connectivity index (χ1) is 17.5. The molecule has 0 saturated carbocycles. The van der Waals surface area contributed by atoms with Gasteiger partial charge >= 0.3 is 5.97 Å². The smallest absolute Gasteiger partial charge is 0.303 e. The molecule has 0 bridgehead atoms. The highest BCUT2D eigenvalue weighted by molar-refractivity contribution is 5.89. The Labute approximate surface area is 219 Å². The van der Waals surface area contributed by atoms with Crippen LogP contribution in [0.2, 0.25) is 0 Å². The zero-order valence-electron chi connectivity index (χ0n) is 22.3. The second-order valence-corrected chi connectivity index (χ2v) is 11.3. The maximum Gasteiger partial charge on any atom is 0.303 e. The molecule has 7 heteroatoms. The molecule has 1 heterocycles.